The largest absolute Gasteiger partial charge is 0.490 e. The van der Waals surface area contributed by atoms with Crippen LogP contribution in [0.25, 0.3) is 0 Å². The molecule has 0 radical (unpaired) electrons. The number of rotatable bonds is 4. The van der Waals surface area contributed by atoms with Crippen LogP contribution in [0.3, 0.4) is 0 Å². The van der Waals surface area contributed by atoms with Gasteiger partial charge >= 0.3 is 0 Å². The van der Waals surface area contributed by atoms with Gasteiger partial charge in [-0.15, -0.1) is 0 Å². The maximum Gasteiger partial charge on any atom is 0.225 e. The number of carbonyl (C=O) groups excluding carboxylic acids is 2. The summed E-state index contributed by atoms with van der Waals surface area (Å²) in [5.41, 5.74) is 0.973. The van der Waals surface area contributed by atoms with Crippen LogP contribution in [0.1, 0.15) is 44.2 Å². The number of carbonyl (C=O) groups is 2. The molecule has 1 aromatic rings. The summed E-state index contributed by atoms with van der Waals surface area (Å²) in [5.74, 6) is 1.31. The lowest BCUT2D eigenvalue weighted by molar-refractivity contribution is -0.129. The van der Waals surface area contributed by atoms with Gasteiger partial charge in [-0.25, -0.2) is 0 Å². The molecule has 6 nitrogen and oxygen atoms in total. The molecule has 0 bridgehead atoms. The van der Waals surface area contributed by atoms with Crippen LogP contribution in [0.5, 0.6) is 11.5 Å². The van der Waals surface area contributed by atoms with Crippen molar-refractivity contribution in [1.29, 1.82) is 0 Å². The third-order valence-electron chi connectivity index (χ3n) is 5.15. The summed E-state index contributed by atoms with van der Waals surface area (Å²) in [5, 5.41) is 3.05. The molecule has 2 heterocycles. The Bertz CT molecular complexity index is 686. The van der Waals surface area contributed by atoms with Gasteiger partial charge in [0.05, 0.1) is 25.2 Å². The Hall–Kier alpha value is -2.24. The molecule has 2 fully saturated rings. The highest BCUT2D eigenvalue weighted by atomic mass is 16.5. The zero-order valence-corrected chi connectivity index (χ0v) is 14.5. The van der Waals surface area contributed by atoms with Gasteiger partial charge in [0.15, 0.2) is 11.5 Å². The zero-order chi connectivity index (χ0) is 17.4. The van der Waals surface area contributed by atoms with E-state index in [0.29, 0.717) is 32.2 Å². The topological polar surface area (TPSA) is 67.9 Å². The summed E-state index contributed by atoms with van der Waals surface area (Å²) in [6.07, 6.45) is 3.35. The molecular weight excluding hydrogens is 320 g/mol. The maximum atomic E-state index is 12.6. The van der Waals surface area contributed by atoms with Crippen LogP contribution >= 0.6 is 0 Å². The fraction of sp³-hybridized carbons (Fsp3) is 0.579. The second kappa shape index (κ2) is 6.58. The second-order valence-corrected chi connectivity index (χ2v) is 7.17. The fourth-order valence-corrected chi connectivity index (χ4v) is 3.51. The Balaban J connectivity index is 1.40. The number of likely N-dealkylation sites (tertiary alicyclic amines) is 1. The fourth-order valence-electron chi connectivity index (χ4n) is 3.51. The van der Waals surface area contributed by atoms with E-state index >= 15 is 0 Å². The number of amides is 2. The van der Waals surface area contributed by atoms with E-state index in [4.69, 9.17) is 9.47 Å². The van der Waals surface area contributed by atoms with Crippen LogP contribution in [-0.4, -0.2) is 42.5 Å². The van der Waals surface area contributed by atoms with Crippen molar-refractivity contribution < 1.29 is 19.1 Å². The van der Waals surface area contributed by atoms with Gasteiger partial charge in [0.2, 0.25) is 11.8 Å². The van der Waals surface area contributed by atoms with Crippen molar-refractivity contribution in [3.63, 3.8) is 0 Å². The van der Waals surface area contributed by atoms with E-state index in [1.807, 2.05) is 30.0 Å². The monoisotopic (exact) mass is 344 g/mol. The summed E-state index contributed by atoms with van der Waals surface area (Å²) in [7, 11) is 0. The Labute approximate surface area is 147 Å². The van der Waals surface area contributed by atoms with Crippen molar-refractivity contribution in [2.75, 3.05) is 19.8 Å². The minimum absolute atomic E-state index is 0.0453. The average Bonchev–Trinajstić information content (AvgIpc) is 3.40. The quantitative estimate of drug-likeness (QED) is 0.908. The van der Waals surface area contributed by atoms with Crippen LogP contribution in [0, 0.1) is 5.92 Å². The Morgan fingerprint density at radius 3 is 2.76 bits per heavy atom. The Morgan fingerprint density at radius 2 is 2.00 bits per heavy atom. The first-order valence-corrected chi connectivity index (χ1v) is 9.11. The average molecular weight is 344 g/mol. The number of hydrogen-bond acceptors (Lipinski definition) is 4. The molecule has 3 aliphatic rings. The highest BCUT2D eigenvalue weighted by Gasteiger charge is 2.41. The van der Waals surface area contributed by atoms with Gasteiger partial charge in [-0.2, -0.15) is 0 Å². The third kappa shape index (κ3) is 3.43. The van der Waals surface area contributed by atoms with E-state index in [1.54, 1.807) is 0 Å². The molecule has 6 heteroatoms. The van der Waals surface area contributed by atoms with Crippen LogP contribution in [-0.2, 0) is 9.59 Å². The number of nitrogens with one attached hydrogen (secondary N) is 1. The van der Waals surface area contributed by atoms with Crippen LogP contribution < -0.4 is 14.8 Å². The smallest absolute Gasteiger partial charge is 0.225 e. The molecular formula is C19H24N2O4. The van der Waals surface area contributed by atoms with E-state index in [1.165, 1.54) is 0 Å². The normalized spacial score (nSPS) is 24.0. The Morgan fingerprint density at radius 1 is 1.24 bits per heavy atom. The van der Waals surface area contributed by atoms with Crippen molar-refractivity contribution in [3.05, 3.63) is 23.8 Å². The minimum atomic E-state index is -0.240. The van der Waals surface area contributed by atoms with E-state index < -0.39 is 0 Å². The van der Waals surface area contributed by atoms with Crippen LogP contribution in [0.2, 0.25) is 0 Å². The van der Waals surface area contributed by atoms with Crippen LogP contribution in [0.15, 0.2) is 18.2 Å². The predicted molar refractivity (Wildman–Crippen MR) is 91.4 cm³/mol. The summed E-state index contributed by atoms with van der Waals surface area (Å²) in [6, 6.07) is 6.02. The van der Waals surface area contributed by atoms with Crippen molar-refractivity contribution in [2.45, 2.75) is 44.7 Å². The molecule has 1 aromatic carbocycles. The van der Waals surface area contributed by atoms with Crippen molar-refractivity contribution in [3.8, 4) is 11.5 Å². The number of hydrogen-bond donors (Lipinski definition) is 1. The predicted octanol–water partition coefficient (Wildman–Crippen LogP) is 2.04. The number of fused-ring (bicyclic) bond motifs is 1. The summed E-state index contributed by atoms with van der Waals surface area (Å²) in [4.78, 5) is 26.5. The SMILES string of the molecule is C[C@H](NC(=O)[C@@H]1CC(=O)N(C2CC2)C1)c1ccc2c(c1)OCCCO2. The minimum Gasteiger partial charge on any atom is -0.490 e. The summed E-state index contributed by atoms with van der Waals surface area (Å²) in [6.45, 7) is 3.81. The first kappa shape index (κ1) is 16.2. The van der Waals surface area contributed by atoms with Crippen molar-refractivity contribution >= 4 is 11.8 Å². The molecule has 1 aliphatic carbocycles. The van der Waals surface area contributed by atoms with Gasteiger partial charge < -0.3 is 19.7 Å². The molecule has 134 valence electrons. The van der Waals surface area contributed by atoms with Gasteiger partial charge in [-0.1, -0.05) is 6.07 Å². The number of nitrogens with zero attached hydrogens (tertiary/aromatic N) is 1. The van der Waals surface area contributed by atoms with Gasteiger partial charge in [0, 0.05) is 25.4 Å². The van der Waals surface area contributed by atoms with Crippen molar-refractivity contribution in [2.24, 2.45) is 5.92 Å². The molecule has 0 aromatic heterocycles. The number of ether oxygens (including phenoxy) is 2. The van der Waals surface area contributed by atoms with Gasteiger partial charge in [-0.3, -0.25) is 9.59 Å². The van der Waals surface area contributed by atoms with Gasteiger partial charge in [-0.05, 0) is 37.5 Å². The molecule has 2 aliphatic heterocycles. The highest BCUT2D eigenvalue weighted by molar-refractivity contribution is 5.89. The lowest BCUT2D eigenvalue weighted by atomic mass is 10.0. The van der Waals surface area contributed by atoms with E-state index in [9.17, 15) is 9.59 Å². The molecule has 0 spiro atoms. The molecule has 1 saturated heterocycles. The molecule has 0 unspecified atom stereocenters. The van der Waals surface area contributed by atoms with Crippen molar-refractivity contribution in [1.82, 2.24) is 10.2 Å². The molecule has 25 heavy (non-hydrogen) atoms. The second-order valence-electron chi connectivity index (χ2n) is 7.17. The number of benzene rings is 1. The molecule has 4 rings (SSSR count). The van der Waals surface area contributed by atoms with Gasteiger partial charge in [0.1, 0.15) is 0 Å². The lowest BCUT2D eigenvalue weighted by Crippen LogP contribution is -2.35. The van der Waals surface area contributed by atoms with E-state index in [0.717, 1.165) is 36.3 Å². The first-order valence-electron chi connectivity index (χ1n) is 9.11. The highest BCUT2D eigenvalue weighted by Crippen LogP contribution is 2.34. The maximum absolute atomic E-state index is 12.6. The first-order chi connectivity index (χ1) is 12.1. The summed E-state index contributed by atoms with van der Waals surface area (Å²) < 4.78 is 11.4. The van der Waals surface area contributed by atoms with E-state index in [2.05, 4.69) is 5.32 Å². The molecule has 1 saturated carbocycles. The lowest BCUT2D eigenvalue weighted by Gasteiger charge is -2.19. The Kier molecular flexibility index (Phi) is 4.27. The summed E-state index contributed by atoms with van der Waals surface area (Å²) >= 11 is 0. The standard InChI is InChI=1S/C19H24N2O4/c1-12(13-3-6-16-17(9-13)25-8-2-7-24-16)20-19(23)14-10-18(22)21(11-14)15-4-5-15/h3,6,9,12,14-15H,2,4-5,7-8,10-11H2,1H3,(H,20,23)/t12-,14+/m0/s1. The van der Waals surface area contributed by atoms with E-state index in [-0.39, 0.29) is 23.8 Å². The van der Waals surface area contributed by atoms with Gasteiger partial charge in [0.25, 0.3) is 0 Å². The molecule has 1 N–H and O–H groups in total. The van der Waals surface area contributed by atoms with Crippen LogP contribution in [0.4, 0.5) is 0 Å². The zero-order valence-electron chi connectivity index (χ0n) is 14.5. The molecule has 2 amide bonds. The molecule has 2 atom stereocenters. The third-order valence-corrected chi connectivity index (χ3v) is 5.15.